The summed E-state index contributed by atoms with van der Waals surface area (Å²) in [5.41, 5.74) is 5.39. The largest absolute Gasteiger partial charge is 0.453 e. The van der Waals surface area contributed by atoms with Crippen LogP contribution in [-0.4, -0.2) is 117 Å². The standard InChI is InChI=1S/C52H62N8O8/c1-49-23-37(59(39(49)25-49)45(61)41(57-47(63)65-3)33-13-19-67-51(21-33)15-16-51)43-53-27-35(55-43)31-9-5-29(6-10-31)30-7-11-32(12-8-30)36-28-54-44(56-36)38-24-50(2)26-40(50)60(38)46(62)42(58-48(64)66-4)34-14-20-68-52(22-34)17-18-52/h5-12,27-28,33-34,37-42H,13-26H2,1-4H3,(H,53,55)(H,54,56)(H,57,63)(H,58,64)/t33?,34?,37-,38-,39+,40+,41?,42?,49?,50?/m0/s1. The minimum Gasteiger partial charge on any atom is -0.453 e. The lowest BCUT2D eigenvalue weighted by molar-refractivity contribution is -0.140. The third-order valence-electron chi connectivity index (χ3n) is 17.4. The third-order valence-corrected chi connectivity index (χ3v) is 17.4. The number of ether oxygens (including phenoxy) is 4. The van der Waals surface area contributed by atoms with Crippen LogP contribution in [0, 0.1) is 22.7 Å². The summed E-state index contributed by atoms with van der Waals surface area (Å²) >= 11 is 0. The Labute approximate surface area is 396 Å². The Morgan fingerprint density at radius 1 is 0.603 bits per heavy atom. The first-order chi connectivity index (χ1) is 32.8. The first-order valence-corrected chi connectivity index (χ1v) is 24.7. The number of carbonyl (C=O) groups is 4. The predicted molar refractivity (Wildman–Crippen MR) is 248 cm³/mol. The molecule has 2 spiro atoms. The number of benzene rings is 2. The van der Waals surface area contributed by atoms with E-state index in [1.165, 1.54) is 14.2 Å². The van der Waals surface area contributed by atoms with E-state index in [1.54, 1.807) is 0 Å². The van der Waals surface area contributed by atoms with E-state index in [1.807, 2.05) is 22.2 Å². The van der Waals surface area contributed by atoms with Crippen LogP contribution in [0.5, 0.6) is 0 Å². The molecule has 4 saturated heterocycles. The molecule has 4 aliphatic heterocycles. The number of rotatable bonds is 11. The Bertz CT molecular complexity index is 2460. The van der Waals surface area contributed by atoms with E-state index in [-0.39, 0.29) is 69.8 Å². The molecule has 8 fully saturated rings. The predicted octanol–water partition coefficient (Wildman–Crippen LogP) is 7.61. The van der Waals surface area contributed by atoms with Crippen molar-refractivity contribution in [3.05, 3.63) is 72.6 Å². The normalized spacial score (nSPS) is 31.9. The second kappa shape index (κ2) is 15.9. The Balaban J connectivity index is 0.726. The maximum Gasteiger partial charge on any atom is 0.407 e. The van der Waals surface area contributed by atoms with Gasteiger partial charge < -0.3 is 49.3 Å². The summed E-state index contributed by atoms with van der Waals surface area (Å²) in [7, 11) is 2.67. The van der Waals surface area contributed by atoms with Crippen molar-refractivity contribution in [3.63, 3.8) is 0 Å². The maximum atomic E-state index is 14.6. The molecular weight excluding hydrogens is 865 g/mol. The van der Waals surface area contributed by atoms with Crippen molar-refractivity contribution in [2.24, 2.45) is 22.7 Å². The number of piperidine rings is 2. The van der Waals surface area contributed by atoms with Gasteiger partial charge in [0.1, 0.15) is 23.7 Å². The number of amides is 4. The van der Waals surface area contributed by atoms with Gasteiger partial charge in [0.2, 0.25) is 11.8 Å². The molecule has 6 heterocycles. The van der Waals surface area contributed by atoms with Crippen LogP contribution in [0.2, 0.25) is 0 Å². The van der Waals surface area contributed by atoms with Crippen molar-refractivity contribution in [1.29, 1.82) is 0 Å². The average Bonchev–Trinajstić information content (AvgIpc) is 4.32. The second-order valence-electron chi connectivity index (χ2n) is 22.0. The summed E-state index contributed by atoms with van der Waals surface area (Å²) in [4.78, 5) is 75.5. The molecule has 4 saturated carbocycles. The molecule has 6 unspecified atom stereocenters. The minimum atomic E-state index is -0.689. The zero-order valence-corrected chi connectivity index (χ0v) is 39.3. The lowest BCUT2D eigenvalue weighted by Gasteiger charge is -2.37. The van der Waals surface area contributed by atoms with Crippen LogP contribution in [0.25, 0.3) is 33.6 Å². The number of likely N-dealkylation sites (tertiary alicyclic amines) is 2. The van der Waals surface area contributed by atoms with Crippen molar-refractivity contribution in [2.45, 2.75) is 138 Å². The number of aromatic nitrogens is 4. The Kier molecular flexibility index (Phi) is 10.2. The van der Waals surface area contributed by atoms with E-state index in [9.17, 15) is 19.2 Å². The number of methoxy groups -OCH3 is 2. The highest BCUT2D eigenvalue weighted by Gasteiger charge is 2.66. The number of nitrogens with one attached hydrogen (secondary N) is 4. The van der Waals surface area contributed by atoms with Gasteiger partial charge >= 0.3 is 12.2 Å². The number of nitrogens with zero attached hydrogens (tertiary/aromatic N) is 4. The Hall–Kier alpha value is -5.74. The fraction of sp³-hybridized carbons (Fsp3) is 0.577. The first kappa shape index (κ1) is 43.5. The van der Waals surface area contributed by atoms with Gasteiger partial charge in [-0.25, -0.2) is 19.6 Å². The smallest absolute Gasteiger partial charge is 0.407 e. The summed E-state index contributed by atoms with van der Waals surface area (Å²) in [5.74, 6) is 1.33. The first-order valence-electron chi connectivity index (χ1n) is 24.7. The van der Waals surface area contributed by atoms with E-state index >= 15 is 0 Å². The molecular formula is C52H62N8O8. The summed E-state index contributed by atoms with van der Waals surface area (Å²) in [5, 5.41) is 5.87. The van der Waals surface area contributed by atoms with Gasteiger partial charge in [-0.15, -0.1) is 0 Å². The van der Waals surface area contributed by atoms with E-state index in [4.69, 9.17) is 28.9 Å². The molecule has 0 radical (unpaired) electrons. The molecule has 16 heteroatoms. The molecule has 2 aromatic carbocycles. The molecule has 0 bridgehead atoms. The van der Waals surface area contributed by atoms with Crippen molar-refractivity contribution in [3.8, 4) is 33.6 Å². The van der Waals surface area contributed by atoms with Crippen LogP contribution in [0.3, 0.4) is 0 Å². The SMILES string of the molecule is COC(=O)NC(C(=O)N1[C@H](c2nc(-c3ccc(-c4ccc(-c5c[nH]c([C@@H]6CC7(C)C[C@H]7N6C(=O)C(NC(=O)OC)C6CCOC7(CC7)C6)n5)cc4)cc3)c[nH]2)CC2(C)C[C@@H]12)C1CCOC2(CC2)C1. The molecule has 4 amide bonds. The fourth-order valence-corrected chi connectivity index (χ4v) is 12.8. The van der Waals surface area contributed by atoms with Crippen molar-refractivity contribution in [2.75, 3.05) is 27.4 Å². The summed E-state index contributed by atoms with van der Waals surface area (Å²) in [6, 6.07) is 15.1. The number of alkyl carbamates (subject to hydrolysis) is 2. The lowest BCUT2D eigenvalue weighted by atomic mass is 9.86. The third kappa shape index (κ3) is 7.66. The molecule has 68 heavy (non-hydrogen) atoms. The number of H-pyrrole nitrogens is 2. The molecule has 4 N–H and O–H groups in total. The summed E-state index contributed by atoms with van der Waals surface area (Å²) < 4.78 is 22.2. The van der Waals surface area contributed by atoms with Crippen LogP contribution >= 0.6 is 0 Å². The van der Waals surface area contributed by atoms with Gasteiger partial charge in [-0.1, -0.05) is 62.4 Å². The van der Waals surface area contributed by atoms with Crippen molar-refractivity contribution < 1.29 is 38.1 Å². The van der Waals surface area contributed by atoms with Gasteiger partial charge in [0.25, 0.3) is 0 Å². The van der Waals surface area contributed by atoms with Gasteiger partial charge in [-0.2, -0.15) is 0 Å². The molecule has 4 aliphatic carbocycles. The van der Waals surface area contributed by atoms with E-state index in [0.29, 0.717) is 26.1 Å². The second-order valence-corrected chi connectivity index (χ2v) is 22.0. The number of hydrogen-bond acceptors (Lipinski definition) is 10. The van der Waals surface area contributed by atoms with E-state index in [2.05, 4.69) is 83.0 Å². The lowest BCUT2D eigenvalue weighted by Crippen LogP contribution is -2.54. The number of hydrogen-bond donors (Lipinski definition) is 4. The maximum absolute atomic E-state index is 14.6. The topological polar surface area (TPSA) is 193 Å². The molecule has 2 aromatic heterocycles. The Morgan fingerprint density at radius 3 is 1.35 bits per heavy atom. The summed E-state index contributed by atoms with van der Waals surface area (Å²) in [6.07, 6.45) is 13.1. The van der Waals surface area contributed by atoms with Gasteiger partial charge in [0.15, 0.2) is 0 Å². The minimum absolute atomic E-state index is 0.0173. The number of fused-ring (bicyclic) bond motifs is 2. The molecule has 10 atom stereocenters. The van der Waals surface area contributed by atoms with Crippen LogP contribution in [0.4, 0.5) is 9.59 Å². The number of carbonyl (C=O) groups excluding carboxylic acids is 4. The van der Waals surface area contributed by atoms with Crippen LogP contribution in [0.1, 0.15) is 115 Å². The molecule has 4 aromatic rings. The highest BCUT2D eigenvalue weighted by molar-refractivity contribution is 5.88. The van der Waals surface area contributed by atoms with E-state index in [0.717, 1.165) is 109 Å². The molecule has 16 nitrogen and oxygen atoms in total. The monoisotopic (exact) mass is 926 g/mol. The van der Waals surface area contributed by atoms with Gasteiger partial charge in [-0.3, -0.25) is 9.59 Å². The zero-order chi connectivity index (χ0) is 46.7. The fourth-order valence-electron chi connectivity index (χ4n) is 12.8. The Morgan fingerprint density at radius 2 is 0.985 bits per heavy atom. The van der Waals surface area contributed by atoms with Crippen molar-refractivity contribution >= 4 is 24.0 Å². The van der Waals surface area contributed by atoms with E-state index < -0.39 is 24.3 Å². The zero-order valence-electron chi connectivity index (χ0n) is 39.3. The van der Waals surface area contributed by atoms with Gasteiger partial charge in [-0.05, 0) is 111 Å². The van der Waals surface area contributed by atoms with Crippen LogP contribution < -0.4 is 10.6 Å². The molecule has 12 rings (SSSR count). The number of imidazole rings is 2. The highest BCUT2D eigenvalue weighted by atomic mass is 16.5. The quantitative estimate of drug-likeness (QED) is 0.116. The highest BCUT2D eigenvalue weighted by Crippen LogP contribution is 2.64. The molecule has 8 aliphatic rings. The number of aromatic amines is 2. The van der Waals surface area contributed by atoms with Crippen LogP contribution in [0.15, 0.2) is 60.9 Å². The average molecular weight is 927 g/mol. The molecule has 358 valence electrons. The van der Waals surface area contributed by atoms with Gasteiger partial charge in [0, 0.05) is 48.8 Å². The summed E-state index contributed by atoms with van der Waals surface area (Å²) in [6.45, 7) is 5.66. The van der Waals surface area contributed by atoms with Crippen LogP contribution in [-0.2, 0) is 28.5 Å². The van der Waals surface area contributed by atoms with Gasteiger partial charge in [0.05, 0.1) is 48.9 Å². The van der Waals surface area contributed by atoms with Crippen molar-refractivity contribution in [1.82, 2.24) is 40.4 Å².